The van der Waals surface area contributed by atoms with E-state index in [4.69, 9.17) is 4.98 Å². The van der Waals surface area contributed by atoms with Crippen molar-refractivity contribution in [1.29, 1.82) is 0 Å². The number of hydrogen-bond acceptors (Lipinski definition) is 3. The third-order valence-corrected chi connectivity index (χ3v) is 4.39. The quantitative estimate of drug-likeness (QED) is 0.897. The topological polar surface area (TPSA) is 37.8 Å². The van der Waals surface area contributed by atoms with Gasteiger partial charge in [0.1, 0.15) is 5.82 Å². The first kappa shape index (κ1) is 14.4. The van der Waals surface area contributed by atoms with Crippen molar-refractivity contribution < 1.29 is 0 Å². The molecule has 1 aliphatic carbocycles. The fourth-order valence-electron chi connectivity index (χ4n) is 3.05. The molecule has 1 fully saturated rings. The Morgan fingerprint density at radius 3 is 2.58 bits per heavy atom. The molecule has 0 spiro atoms. The van der Waals surface area contributed by atoms with Crippen molar-refractivity contribution in [2.75, 3.05) is 6.54 Å². The monoisotopic (exact) mass is 261 g/mol. The summed E-state index contributed by atoms with van der Waals surface area (Å²) in [7, 11) is 0. The molecule has 2 rings (SSSR count). The summed E-state index contributed by atoms with van der Waals surface area (Å²) in [6.45, 7) is 9.74. The molecule has 0 radical (unpaired) electrons. The zero-order valence-corrected chi connectivity index (χ0v) is 12.7. The van der Waals surface area contributed by atoms with Crippen LogP contribution in [0.1, 0.15) is 75.5 Å². The summed E-state index contributed by atoms with van der Waals surface area (Å²) < 4.78 is 0. The molecule has 0 saturated heterocycles. The highest BCUT2D eigenvalue weighted by Gasteiger charge is 2.22. The number of aryl methyl sites for hydroxylation is 1. The molecule has 0 amide bonds. The predicted molar refractivity (Wildman–Crippen MR) is 79.2 cm³/mol. The summed E-state index contributed by atoms with van der Waals surface area (Å²) in [6.07, 6.45) is 7.18. The SMILES string of the molecule is CCNC(C)c1cnc(C2CCC(C)CC2)nc1C. The van der Waals surface area contributed by atoms with Gasteiger partial charge in [-0.05, 0) is 39.2 Å². The van der Waals surface area contributed by atoms with E-state index < -0.39 is 0 Å². The van der Waals surface area contributed by atoms with E-state index in [-0.39, 0.29) is 0 Å². The Balaban J connectivity index is 2.10. The van der Waals surface area contributed by atoms with Crippen LogP contribution >= 0.6 is 0 Å². The highest BCUT2D eigenvalue weighted by atomic mass is 14.9. The highest BCUT2D eigenvalue weighted by molar-refractivity contribution is 5.21. The summed E-state index contributed by atoms with van der Waals surface area (Å²) >= 11 is 0. The summed E-state index contributed by atoms with van der Waals surface area (Å²) in [5, 5.41) is 3.43. The van der Waals surface area contributed by atoms with E-state index in [1.54, 1.807) is 0 Å². The van der Waals surface area contributed by atoms with Crippen LogP contribution in [0.4, 0.5) is 0 Å². The van der Waals surface area contributed by atoms with Gasteiger partial charge < -0.3 is 5.32 Å². The van der Waals surface area contributed by atoms with Crippen molar-refractivity contribution in [2.24, 2.45) is 5.92 Å². The first-order valence-corrected chi connectivity index (χ1v) is 7.68. The summed E-state index contributed by atoms with van der Waals surface area (Å²) in [6, 6.07) is 0.338. The van der Waals surface area contributed by atoms with Gasteiger partial charge in [0.25, 0.3) is 0 Å². The number of hydrogen-bond donors (Lipinski definition) is 1. The van der Waals surface area contributed by atoms with Crippen LogP contribution in [-0.4, -0.2) is 16.5 Å². The van der Waals surface area contributed by atoms with Gasteiger partial charge in [0.05, 0.1) is 0 Å². The Bertz CT molecular complexity index is 408. The molecule has 106 valence electrons. The molecule has 0 aromatic carbocycles. The molecular weight excluding hydrogens is 234 g/mol. The summed E-state index contributed by atoms with van der Waals surface area (Å²) in [5.41, 5.74) is 2.37. The average Bonchev–Trinajstić information content (AvgIpc) is 2.39. The van der Waals surface area contributed by atoms with E-state index in [0.29, 0.717) is 12.0 Å². The maximum absolute atomic E-state index is 4.77. The van der Waals surface area contributed by atoms with Crippen molar-refractivity contribution in [3.8, 4) is 0 Å². The molecule has 0 aliphatic heterocycles. The van der Waals surface area contributed by atoms with Gasteiger partial charge in [-0.15, -0.1) is 0 Å². The molecule has 1 N–H and O–H groups in total. The van der Waals surface area contributed by atoms with E-state index in [1.807, 2.05) is 6.20 Å². The van der Waals surface area contributed by atoms with Crippen molar-refractivity contribution in [1.82, 2.24) is 15.3 Å². The molecular formula is C16H27N3. The van der Waals surface area contributed by atoms with E-state index in [1.165, 1.54) is 31.2 Å². The average molecular weight is 261 g/mol. The molecule has 1 saturated carbocycles. The zero-order chi connectivity index (χ0) is 13.8. The second-order valence-corrected chi connectivity index (χ2v) is 6.01. The largest absolute Gasteiger partial charge is 0.310 e. The molecule has 1 atom stereocenters. The number of aromatic nitrogens is 2. The molecule has 19 heavy (non-hydrogen) atoms. The smallest absolute Gasteiger partial charge is 0.131 e. The van der Waals surface area contributed by atoms with Crippen LogP contribution in [0.15, 0.2) is 6.20 Å². The van der Waals surface area contributed by atoms with E-state index in [0.717, 1.165) is 24.0 Å². The van der Waals surface area contributed by atoms with Gasteiger partial charge in [0, 0.05) is 29.4 Å². The maximum atomic E-state index is 4.77. The fourth-order valence-corrected chi connectivity index (χ4v) is 3.05. The van der Waals surface area contributed by atoms with Gasteiger partial charge in [-0.1, -0.05) is 26.7 Å². The lowest BCUT2D eigenvalue weighted by atomic mass is 9.82. The van der Waals surface area contributed by atoms with Crippen LogP contribution in [-0.2, 0) is 0 Å². The third-order valence-electron chi connectivity index (χ3n) is 4.39. The maximum Gasteiger partial charge on any atom is 0.131 e. The van der Waals surface area contributed by atoms with E-state index in [2.05, 4.69) is 38.0 Å². The number of rotatable bonds is 4. The van der Waals surface area contributed by atoms with Crippen LogP contribution in [0.5, 0.6) is 0 Å². The lowest BCUT2D eigenvalue weighted by molar-refractivity contribution is 0.339. The van der Waals surface area contributed by atoms with Gasteiger partial charge in [-0.2, -0.15) is 0 Å². The molecule has 0 bridgehead atoms. The Labute approximate surface area is 117 Å². The summed E-state index contributed by atoms with van der Waals surface area (Å²) in [5.74, 6) is 2.53. The lowest BCUT2D eigenvalue weighted by Crippen LogP contribution is -2.20. The van der Waals surface area contributed by atoms with Gasteiger partial charge in [-0.3, -0.25) is 0 Å². The Kier molecular flexibility index (Phi) is 4.92. The lowest BCUT2D eigenvalue weighted by Gasteiger charge is -2.25. The van der Waals surface area contributed by atoms with Crippen LogP contribution in [0.3, 0.4) is 0 Å². The zero-order valence-electron chi connectivity index (χ0n) is 12.7. The second kappa shape index (κ2) is 6.47. The second-order valence-electron chi connectivity index (χ2n) is 6.01. The molecule has 1 heterocycles. The van der Waals surface area contributed by atoms with E-state index >= 15 is 0 Å². The first-order chi connectivity index (χ1) is 9.11. The van der Waals surface area contributed by atoms with Crippen LogP contribution < -0.4 is 5.32 Å². The van der Waals surface area contributed by atoms with Crippen LogP contribution in [0, 0.1) is 12.8 Å². The van der Waals surface area contributed by atoms with Gasteiger partial charge in [0.2, 0.25) is 0 Å². The van der Waals surface area contributed by atoms with Crippen molar-refractivity contribution in [3.05, 3.63) is 23.3 Å². The summed E-state index contributed by atoms with van der Waals surface area (Å²) in [4.78, 5) is 9.41. The fraction of sp³-hybridized carbons (Fsp3) is 0.750. The van der Waals surface area contributed by atoms with E-state index in [9.17, 15) is 0 Å². The number of nitrogens with zero attached hydrogens (tertiary/aromatic N) is 2. The number of nitrogens with one attached hydrogen (secondary N) is 1. The molecule has 3 nitrogen and oxygen atoms in total. The first-order valence-electron chi connectivity index (χ1n) is 7.68. The Morgan fingerprint density at radius 2 is 2.00 bits per heavy atom. The standard InChI is InChI=1S/C16H27N3/c1-5-17-12(3)15-10-18-16(19-13(15)4)14-8-6-11(2)7-9-14/h10-12,14,17H,5-9H2,1-4H3. The Hall–Kier alpha value is -0.960. The molecule has 1 aliphatic rings. The predicted octanol–water partition coefficient (Wildman–Crippen LogP) is 3.75. The molecule has 3 heteroatoms. The van der Waals surface area contributed by atoms with Crippen molar-refractivity contribution in [3.63, 3.8) is 0 Å². The minimum Gasteiger partial charge on any atom is -0.310 e. The molecule has 1 aromatic heterocycles. The van der Waals surface area contributed by atoms with Gasteiger partial charge >= 0.3 is 0 Å². The minimum atomic E-state index is 0.338. The van der Waals surface area contributed by atoms with Gasteiger partial charge in [-0.25, -0.2) is 9.97 Å². The third kappa shape index (κ3) is 3.53. The molecule has 1 aromatic rings. The van der Waals surface area contributed by atoms with Crippen molar-refractivity contribution in [2.45, 2.75) is 65.3 Å². The van der Waals surface area contributed by atoms with Gasteiger partial charge in [0.15, 0.2) is 0 Å². The van der Waals surface area contributed by atoms with Crippen LogP contribution in [0.2, 0.25) is 0 Å². The normalized spacial score (nSPS) is 25.3. The van der Waals surface area contributed by atoms with Crippen molar-refractivity contribution >= 4 is 0 Å². The minimum absolute atomic E-state index is 0.338. The Morgan fingerprint density at radius 1 is 1.32 bits per heavy atom. The highest BCUT2D eigenvalue weighted by Crippen LogP contribution is 2.34. The van der Waals surface area contributed by atoms with Crippen LogP contribution in [0.25, 0.3) is 0 Å². The molecule has 1 unspecified atom stereocenters.